The molecule has 0 N–H and O–H groups in total. The van der Waals surface area contributed by atoms with Crippen molar-refractivity contribution in [3.63, 3.8) is 0 Å². The van der Waals surface area contributed by atoms with Gasteiger partial charge < -0.3 is 4.42 Å². The summed E-state index contributed by atoms with van der Waals surface area (Å²) >= 11 is 0. The first-order chi connectivity index (χ1) is 10.8. The van der Waals surface area contributed by atoms with Gasteiger partial charge >= 0.3 is 0 Å². The Labute approximate surface area is 139 Å². The van der Waals surface area contributed by atoms with E-state index in [0.29, 0.717) is 5.76 Å². The first kappa shape index (κ1) is 16.7. The fraction of sp³-hybridized carbons (Fsp3) is 0.647. The minimum atomic E-state index is -3.18. The van der Waals surface area contributed by atoms with Gasteiger partial charge in [-0.15, -0.1) is 0 Å². The summed E-state index contributed by atoms with van der Waals surface area (Å²) in [5.41, 5.74) is 1.53. The molecule has 3 rings (SSSR count). The molecule has 23 heavy (non-hydrogen) atoms. The van der Waals surface area contributed by atoms with E-state index in [1.807, 2.05) is 12.1 Å². The zero-order chi connectivity index (χ0) is 16.6. The van der Waals surface area contributed by atoms with Crippen LogP contribution in [0.3, 0.4) is 0 Å². The average Bonchev–Trinajstić information content (AvgIpc) is 3.04. The zero-order valence-electron chi connectivity index (χ0n) is 14.2. The molecule has 1 saturated heterocycles. The van der Waals surface area contributed by atoms with E-state index in [9.17, 15) is 8.42 Å². The summed E-state index contributed by atoms with van der Waals surface area (Å²) in [6, 6.07) is 3.85. The van der Waals surface area contributed by atoms with Crippen LogP contribution < -0.4 is 0 Å². The number of hydrogen-bond acceptors (Lipinski definition) is 4. The number of sulfonamides is 1. The Balaban J connectivity index is 1.56. The summed E-state index contributed by atoms with van der Waals surface area (Å²) in [7, 11) is -1.61. The van der Waals surface area contributed by atoms with Crippen LogP contribution in [-0.2, 0) is 23.1 Å². The van der Waals surface area contributed by atoms with Gasteiger partial charge in [-0.2, -0.15) is 4.31 Å². The van der Waals surface area contributed by atoms with Crippen LogP contribution in [0.25, 0.3) is 0 Å². The smallest absolute Gasteiger partial charge is 0.211 e. The predicted molar refractivity (Wildman–Crippen MR) is 90.3 cm³/mol. The van der Waals surface area contributed by atoms with Gasteiger partial charge in [0, 0.05) is 20.1 Å². The third-order valence-corrected chi connectivity index (χ3v) is 6.31. The van der Waals surface area contributed by atoms with Crippen molar-refractivity contribution in [2.24, 2.45) is 11.8 Å². The third kappa shape index (κ3) is 4.05. The van der Waals surface area contributed by atoms with Gasteiger partial charge in [-0.3, -0.25) is 4.90 Å². The second-order valence-electron chi connectivity index (χ2n) is 7.09. The lowest BCUT2D eigenvalue weighted by molar-refractivity contribution is 0.276. The molecule has 1 aliphatic heterocycles. The highest BCUT2D eigenvalue weighted by atomic mass is 32.2. The molecule has 1 aromatic heterocycles. The molecule has 0 radical (unpaired) electrons. The quantitative estimate of drug-likeness (QED) is 0.774. The topological polar surface area (TPSA) is 53.8 Å². The van der Waals surface area contributed by atoms with E-state index in [4.69, 9.17) is 4.42 Å². The minimum Gasteiger partial charge on any atom is -0.463 e. The lowest BCUT2D eigenvalue weighted by Crippen LogP contribution is -2.24. The molecule has 0 aromatic carbocycles. The van der Waals surface area contributed by atoms with Crippen molar-refractivity contribution < 1.29 is 12.8 Å². The molecule has 1 aromatic rings. The molecule has 2 heterocycles. The number of rotatable bonds is 5. The van der Waals surface area contributed by atoms with Crippen LogP contribution >= 0.6 is 0 Å². The van der Waals surface area contributed by atoms with Crippen molar-refractivity contribution in [2.45, 2.75) is 32.9 Å². The molecular weight excluding hydrogens is 312 g/mol. The Kier molecular flexibility index (Phi) is 4.67. The molecule has 2 atom stereocenters. The Bertz CT molecular complexity index is 692. The van der Waals surface area contributed by atoms with E-state index >= 15 is 0 Å². The first-order valence-electron chi connectivity index (χ1n) is 8.18. The second kappa shape index (κ2) is 6.42. The predicted octanol–water partition coefficient (Wildman–Crippen LogP) is 2.46. The van der Waals surface area contributed by atoms with Gasteiger partial charge in [-0.1, -0.05) is 11.6 Å². The molecular formula is C17H26N2O3S. The molecule has 2 aliphatic rings. The van der Waals surface area contributed by atoms with Crippen LogP contribution in [0.2, 0.25) is 0 Å². The minimum absolute atomic E-state index is 0.285. The van der Waals surface area contributed by atoms with Crippen molar-refractivity contribution in [1.82, 2.24) is 9.21 Å². The maximum absolute atomic E-state index is 11.5. The molecule has 5 nitrogen and oxygen atoms in total. The summed E-state index contributed by atoms with van der Waals surface area (Å²) in [4.78, 5) is 2.46. The van der Waals surface area contributed by atoms with E-state index in [-0.39, 0.29) is 6.54 Å². The largest absolute Gasteiger partial charge is 0.463 e. The van der Waals surface area contributed by atoms with Crippen LogP contribution in [0.15, 0.2) is 28.2 Å². The lowest BCUT2D eigenvalue weighted by Gasteiger charge is -2.22. The van der Waals surface area contributed by atoms with Gasteiger partial charge in [-0.25, -0.2) is 8.42 Å². The standard InChI is InChI=1S/C17H26N2O3S/c1-13-4-5-14-9-19(10-15(14)8-13)12-17-7-6-16(22-17)11-18(2)23(3,20)21/h4,6-7,14-15H,5,8-12H2,1-3H3/t14-,15+/m1/s1. The first-order valence-corrected chi connectivity index (χ1v) is 10.0. The maximum atomic E-state index is 11.5. The number of allylic oxidation sites excluding steroid dienone is 2. The molecule has 0 amide bonds. The third-order valence-electron chi connectivity index (χ3n) is 5.05. The summed E-state index contributed by atoms with van der Waals surface area (Å²) in [6.07, 6.45) is 6.02. The zero-order valence-corrected chi connectivity index (χ0v) is 15.0. The molecule has 6 heteroatoms. The van der Waals surface area contributed by atoms with Gasteiger partial charge in [0.05, 0.1) is 19.3 Å². The molecule has 1 fully saturated rings. The maximum Gasteiger partial charge on any atom is 0.211 e. The van der Waals surface area contributed by atoms with Crippen LogP contribution in [0.4, 0.5) is 0 Å². The number of fused-ring (bicyclic) bond motifs is 1. The molecule has 128 valence electrons. The van der Waals surface area contributed by atoms with Crippen molar-refractivity contribution in [1.29, 1.82) is 0 Å². The van der Waals surface area contributed by atoms with Crippen LogP contribution in [-0.4, -0.2) is 44.0 Å². The molecule has 1 aliphatic carbocycles. The Morgan fingerprint density at radius 2 is 1.96 bits per heavy atom. The van der Waals surface area contributed by atoms with Crippen molar-refractivity contribution in [3.05, 3.63) is 35.3 Å². The van der Waals surface area contributed by atoms with Crippen molar-refractivity contribution in [2.75, 3.05) is 26.4 Å². The fourth-order valence-corrected chi connectivity index (χ4v) is 4.02. The number of likely N-dealkylation sites (tertiary alicyclic amines) is 1. The monoisotopic (exact) mass is 338 g/mol. The van der Waals surface area contributed by atoms with Crippen LogP contribution in [0.1, 0.15) is 31.3 Å². The Morgan fingerprint density at radius 1 is 1.26 bits per heavy atom. The average molecular weight is 338 g/mol. The van der Waals surface area contributed by atoms with Gasteiger partial charge in [0.2, 0.25) is 10.0 Å². The van der Waals surface area contributed by atoms with Gasteiger partial charge in [0.1, 0.15) is 11.5 Å². The number of hydrogen-bond donors (Lipinski definition) is 0. The summed E-state index contributed by atoms with van der Waals surface area (Å²) in [6.45, 7) is 5.60. The summed E-state index contributed by atoms with van der Waals surface area (Å²) in [5.74, 6) is 3.18. The van der Waals surface area contributed by atoms with Crippen molar-refractivity contribution in [3.8, 4) is 0 Å². The highest BCUT2D eigenvalue weighted by molar-refractivity contribution is 7.88. The second-order valence-corrected chi connectivity index (χ2v) is 9.18. The Morgan fingerprint density at radius 3 is 2.70 bits per heavy atom. The number of furan rings is 1. The normalized spacial score (nSPS) is 25.7. The molecule has 0 bridgehead atoms. The van der Waals surface area contributed by atoms with Crippen LogP contribution in [0, 0.1) is 11.8 Å². The highest BCUT2D eigenvalue weighted by Gasteiger charge is 2.34. The summed E-state index contributed by atoms with van der Waals surface area (Å²) < 4.78 is 30.1. The van der Waals surface area contributed by atoms with E-state index in [2.05, 4.69) is 17.9 Å². The molecule has 0 spiro atoms. The summed E-state index contributed by atoms with van der Waals surface area (Å²) in [5, 5.41) is 0. The molecule has 0 unspecified atom stereocenters. The van der Waals surface area contributed by atoms with Crippen molar-refractivity contribution >= 4 is 10.0 Å². The van der Waals surface area contributed by atoms with Gasteiger partial charge in [0.25, 0.3) is 0 Å². The SMILES string of the molecule is CC1=CC[C@@H]2CN(Cc3ccc(CN(C)S(C)(=O)=O)o3)C[C@@H]2C1. The van der Waals surface area contributed by atoms with E-state index in [0.717, 1.165) is 37.2 Å². The van der Waals surface area contributed by atoms with E-state index < -0.39 is 10.0 Å². The van der Waals surface area contributed by atoms with E-state index in [1.54, 1.807) is 7.05 Å². The lowest BCUT2D eigenvalue weighted by atomic mass is 9.83. The highest BCUT2D eigenvalue weighted by Crippen LogP contribution is 2.36. The number of nitrogens with zero attached hydrogens (tertiary/aromatic N) is 2. The fourth-order valence-electron chi connectivity index (χ4n) is 3.66. The van der Waals surface area contributed by atoms with Gasteiger partial charge in [-0.05, 0) is 43.7 Å². The van der Waals surface area contributed by atoms with Gasteiger partial charge in [0.15, 0.2) is 0 Å². The van der Waals surface area contributed by atoms with Crippen LogP contribution in [0.5, 0.6) is 0 Å². The Hall–Kier alpha value is -1.11. The van der Waals surface area contributed by atoms with E-state index in [1.165, 1.54) is 29.0 Å². The molecule has 0 saturated carbocycles.